The van der Waals surface area contributed by atoms with Crippen molar-refractivity contribution in [1.29, 1.82) is 0 Å². The van der Waals surface area contributed by atoms with Gasteiger partial charge < -0.3 is 16.2 Å². The first kappa shape index (κ1) is 13.3. The molecule has 1 rings (SSSR count). The number of phenolic OH excluding ortho intramolecular Hbond substituents is 1. The number of para-hydroxylation sites is 1. The molecule has 1 amide bonds. The van der Waals surface area contributed by atoms with E-state index in [0.717, 1.165) is 6.26 Å². The summed E-state index contributed by atoms with van der Waals surface area (Å²) in [5, 5.41) is 11.9. The summed E-state index contributed by atoms with van der Waals surface area (Å²) in [6, 6.07) is 4.39. The number of benzene rings is 1. The molecule has 1 aromatic carbocycles. The van der Waals surface area contributed by atoms with Crippen LogP contribution in [0.3, 0.4) is 0 Å². The summed E-state index contributed by atoms with van der Waals surface area (Å²) in [4.78, 5) is 11.6. The highest BCUT2D eigenvalue weighted by Crippen LogP contribution is 2.23. The van der Waals surface area contributed by atoms with Gasteiger partial charge in [-0.1, -0.05) is 6.07 Å². The molecule has 0 aromatic heterocycles. The number of nitrogen functional groups attached to an aromatic ring is 1. The number of phenols is 1. The molecule has 17 heavy (non-hydrogen) atoms. The summed E-state index contributed by atoms with van der Waals surface area (Å²) in [7, 11) is -3.12. The van der Waals surface area contributed by atoms with Crippen molar-refractivity contribution in [3.8, 4) is 5.75 Å². The van der Waals surface area contributed by atoms with E-state index in [1.807, 2.05) is 0 Å². The maximum atomic E-state index is 11.6. The lowest BCUT2D eigenvalue weighted by Gasteiger charge is -2.07. The zero-order valence-corrected chi connectivity index (χ0v) is 10.1. The molecule has 0 spiro atoms. The SMILES string of the molecule is CS(=O)(=O)CCNC(=O)c1cccc(N)c1O. The lowest BCUT2D eigenvalue weighted by molar-refractivity contribution is 0.0953. The third-order valence-corrected chi connectivity index (χ3v) is 3.02. The largest absolute Gasteiger partial charge is 0.505 e. The van der Waals surface area contributed by atoms with Crippen molar-refractivity contribution in [3.63, 3.8) is 0 Å². The van der Waals surface area contributed by atoms with E-state index in [-0.39, 0.29) is 29.3 Å². The molecule has 0 saturated carbocycles. The van der Waals surface area contributed by atoms with E-state index in [0.29, 0.717) is 0 Å². The molecule has 1 aromatic rings. The Morgan fingerprint density at radius 3 is 2.71 bits per heavy atom. The molecule has 0 aliphatic rings. The summed E-state index contributed by atoms with van der Waals surface area (Å²) in [6.45, 7) is -0.00803. The van der Waals surface area contributed by atoms with E-state index in [4.69, 9.17) is 5.73 Å². The predicted molar refractivity (Wildman–Crippen MR) is 64.6 cm³/mol. The third kappa shape index (κ3) is 3.95. The van der Waals surface area contributed by atoms with Crippen molar-refractivity contribution < 1.29 is 18.3 Å². The zero-order valence-electron chi connectivity index (χ0n) is 9.30. The Balaban J connectivity index is 2.68. The van der Waals surface area contributed by atoms with E-state index in [9.17, 15) is 18.3 Å². The van der Waals surface area contributed by atoms with Crippen molar-refractivity contribution in [1.82, 2.24) is 5.32 Å². The van der Waals surface area contributed by atoms with Crippen LogP contribution in [0.2, 0.25) is 0 Å². The van der Waals surface area contributed by atoms with Crippen LogP contribution in [0.5, 0.6) is 5.75 Å². The van der Waals surface area contributed by atoms with E-state index < -0.39 is 15.7 Å². The highest BCUT2D eigenvalue weighted by atomic mass is 32.2. The number of aromatic hydroxyl groups is 1. The first-order valence-electron chi connectivity index (χ1n) is 4.84. The topological polar surface area (TPSA) is 109 Å². The average Bonchev–Trinajstić information content (AvgIpc) is 2.20. The van der Waals surface area contributed by atoms with Crippen molar-refractivity contribution >= 4 is 21.4 Å². The molecule has 4 N–H and O–H groups in total. The van der Waals surface area contributed by atoms with Crippen LogP contribution in [0.15, 0.2) is 18.2 Å². The second-order valence-corrected chi connectivity index (χ2v) is 5.89. The molecule has 0 aliphatic carbocycles. The number of anilines is 1. The second kappa shape index (κ2) is 5.05. The molecular weight excluding hydrogens is 244 g/mol. The number of rotatable bonds is 4. The van der Waals surface area contributed by atoms with Crippen molar-refractivity contribution in [2.75, 3.05) is 24.3 Å². The van der Waals surface area contributed by atoms with E-state index in [2.05, 4.69) is 5.32 Å². The molecule has 0 bridgehead atoms. The number of carbonyl (C=O) groups excluding carboxylic acids is 1. The molecule has 0 fully saturated rings. The Labute approximate surface area is 99.4 Å². The first-order chi connectivity index (χ1) is 7.81. The summed E-state index contributed by atoms with van der Waals surface area (Å²) in [6.07, 6.45) is 1.08. The predicted octanol–water partition coefficient (Wildman–Crippen LogP) is -0.251. The Hall–Kier alpha value is -1.76. The molecule has 0 aliphatic heterocycles. The minimum absolute atomic E-state index is 0.00803. The normalized spacial score (nSPS) is 11.1. The van der Waals surface area contributed by atoms with E-state index in [1.54, 1.807) is 0 Å². The third-order valence-electron chi connectivity index (χ3n) is 2.07. The fourth-order valence-electron chi connectivity index (χ4n) is 1.19. The fourth-order valence-corrected chi connectivity index (χ4v) is 1.66. The van der Waals surface area contributed by atoms with Gasteiger partial charge in [0.2, 0.25) is 0 Å². The van der Waals surface area contributed by atoms with Gasteiger partial charge in [0.15, 0.2) is 5.75 Å². The van der Waals surface area contributed by atoms with E-state index in [1.165, 1.54) is 18.2 Å². The van der Waals surface area contributed by atoms with Crippen LogP contribution in [0.25, 0.3) is 0 Å². The van der Waals surface area contributed by atoms with Gasteiger partial charge in [-0.05, 0) is 12.1 Å². The lowest BCUT2D eigenvalue weighted by Crippen LogP contribution is -2.28. The molecule has 6 nitrogen and oxygen atoms in total. The van der Waals surface area contributed by atoms with E-state index >= 15 is 0 Å². The zero-order chi connectivity index (χ0) is 13.1. The molecule has 0 unspecified atom stereocenters. The first-order valence-corrected chi connectivity index (χ1v) is 6.90. The van der Waals surface area contributed by atoms with Gasteiger partial charge in [0.05, 0.1) is 17.0 Å². The Bertz CT molecular complexity index is 525. The average molecular weight is 258 g/mol. The van der Waals surface area contributed by atoms with Gasteiger partial charge in [0, 0.05) is 12.8 Å². The smallest absolute Gasteiger partial charge is 0.255 e. The fraction of sp³-hybridized carbons (Fsp3) is 0.300. The Morgan fingerprint density at radius 1 is 1.47 bits per heavy atom. The van der Waals surface area contributed by atoms with Crippen LogP contribution in [0.4, 0.5) is 5.69 Å². The number of carbonyl (C=O) groups is 1. The van der Waals surface area contributed by atoms with Gasteiger partial charge in [-0.3, -0.25) is 4.79 Å². The second-order valence-electron chi connectivity index (χ2n) is 3.63. The molecular formula is C10H14N2O4S. The standard InChI is InChI=1S/C10H14N2O4S/c1-17(15,16)6-5-12-10(14)7-3-2-4-8(11)9(7)13/h2-4,13H,5-6,11H2,1H3,(H,12,14). The quantitative estimate of drug-likeness (QED) is 0.509. The monoisotopic (exact) mass is 258 g/mol. The maximum absolute atomic E-state index is 11.6. The Kier molecular flexibility index (Phi) is 3.95. The number of hydrogen-bond donors (Lipinski definition) is 3. The molecule has 94 valence electrons. The molecule has 0 radical (unpaired) electrons. The number of nitrogens with two attached hydrogens (primary N) is 1. The van der Waals surface area contributed by atoms with Gasteiger partial charge in [0.25, 0.3) is 5.91 Å². The molecule has 7 heteroatoms. The number of hydrogen-bond acceptors (Lipinski definition) is 5. The van der Waals surface area contributed by atoms with Crippen LogP contribution in [0.1, 0.15) is 10.4 Å². The molecule has 0 saturated heterocycles. The summed E-state index contributed by atoms with van der Waals surface area (Å²) < 4.78 is 21.7. The van der Waals surface area contributed by atoms with Crippen LogP contribution < -0.4 is 11.1 Å². The van der Waals surface area contributed by atoms with Crippen molar-refractivity contribution in [2.24, 2.45) is 0 Å². The minimum Gasteiger partial charge on any atom is -0.505 e. The van der Waals surface area contributed by atoms with Crippen LogP contribution in [-0.2, 0) is 9.84 Å². The highest BCUT2D eigenvalue weighted by Gasteiger charge is 2.13. The summed E-state index contributed by atoms with van der Waals surface area (Å²) in [5.74, 6) is -1.01. The lowest BCUT2D eigenvalue weighted by atomic mass is 10.1. The minimum atomic E-state index is -3.12. The van der Waals surface area contributed by atoms with Crippen molar-refractivity contribution in [2.45, 2.75) is 0 Å². The maximum Gasteiger partial charge on any atom is 0.255 e. The summed E-state index contributed by atoms with van der Waals surface area (Å²) in [5.41, 5.74) is 5.55. The van der Waals surface area contributed by atoms with Crippen LogP contribution >= 0.6 is 0 Å². The van der Waals surface area contributed by atoms with Crippen LogP contribution in [-0.4, -0.2) is 38.0 Å². The van der Waals surface area contributed by atoms with Crippen molar-refractivity contribution in [3.05, 3.63) is 23.8 Å². The number of nitrogens with one attached hydrogen (secondary N) is 1. The van der Waals surface area contributed by atoms with Gasteiger partial charge in [-0.2, -0.15) is 0 Å². The molecule has 0 atom stereocenters. The van der Waals surface area contributed by atoms with Gasteiger partial charge in [0.1, 0.15) is 9.84 Å². The molecule has 0 heterocycles. The summed E-state index contributed by atoms with van der Waals surface area (Å²) >= 11 is 0. The number of amides is 1. The van der Waals surface area contributed by atoms with Gasteiger partial charge >= 0.3 is 0 Å². The van der Waals surface area contributed by atoms with Gasteiger partial charge in [-0.25, -0.2) is 8.42 Å². The Morgan fingerprint density at radius 2 is 2.12 bits per heavy atom. The van der Waals surface area contributed by atoms with Crippen LogP contribution in [0, 0.1) is 0 Å². The van der Waals surface area contributed by atoms with Gasteiger partial charge in [-0.15, -0.1) is 0 Å². The number of sulfone groups is 1. The highest BCUT2D eigenvalue weighted by molar-refractivity contribution is 7.90.